The van der Waals surface area contributed by atoms with Crippen molar-refractivity contribution >= 4 is 5.91 Å². The second-order valence-corrected chi connectivity index (χ2v) is 5.43. The van der Waals surface area contributed by atoms with Gasteiger partial charge in [-0.05, 0) is 24.1 Å². The number of aromatic nitrogens is 5. The number of amides is 1. The summed E-state index contributed by atoms with van der Waals surface area (Å²) < 4.78 is 3.44. The minimum atomic E-state index is -0.223. The van der Waals surface area contributed by atoms with Crippen LogP contribution in [0.3, 0.4) is 0 Å². The first-order valence-corrected chi connectivity index (χ1v) is 7.46. The highest BCUT2D eigenvalue weighted by molar-refractivity contribution is 5.91. The summed E-state index contributed by atoms with van der Waals surface area (Å²) in [6.07, 6.45) is 5.28. The molecular weight excluding hydrogens is 292 g/mol. The number of rotatable bonds is 6. The maximum atomic E-state index is 12.1. The Balaban J connectivity index is 1.55. The third-order valence-corrected chi connectivity index (χ3v) is 3.42. The Hall–Kier alpha value is -2.96. The van der Waals surface area contributed by atoms with Crippen LogP contribution in [0.15, 0.2) is 55.0 Å². The molecule has 3 aromatic rings. The Morgan fingerprint density at radius 3 is 2.83 bits per heavy atom. The van der Waals surface area contributed by atoms with E-state index in [1.165, 1.54) is 0 Å². The van der Waals surface area contributed by atoms with E-state index in [9.17, 15) is 4.79 Å². The van der Waals surface area contributed by atoms with Crippen molar-refractivity contribution < 1.29 is 4.79 Å². The summed E-state index contributed by atoms with van der Waals surface area (Å²) in [7, 11) is 0. The van der Waals surface area contributed by atoms with Crippen molar-refractivity contribution in [1.29, 1.82) is 0 Å². The molecule has 0 saturated heterocycles. The predicted octanol–water partition coefficient (Wildman–Crippen LogP) is 1.53. The fourth-order valence-electron chi connectivity index (χ4n) is 2.22. The molecule has 2 heterocycles. The lowest BCUT2D eigenvalue weighted by Crippen LogP contribution is -2.30. The first-order chi connectivity index (χ1) is 11.2. The van der Waals surface area contributed by atoms with E-state index in [1.807, 2.05) is 47.3 Å². The molecular formula is C16H18N6O. The van der Waals surface area contributed by atoms with Gasteiger partial charge >= 0.3 is 0 Å². The maximum Gasteiger partial charge on any atom is 0.273 e. The highest BCUT2D eigenvalue weighted by Gasteiger charge is 2.13. The molecule has 0 unspecified atom stereocenters. The molecule has 2 aromatic heterocycles. The number of benzene rings is 1. The minimum Gasteiger partial charge on any atom is -0.350 e. The molecule has 7 nitrogen and oxygen atoms in total. The highest BCUT2D eigenvalue weighted by Crippen LogP contribution is 2.06. The number of carbonyl (C=O) groups is 1. The lowest BCUT2D eigenvalue weighted by atomic mass is 10.2. The lowest BCUT2D eigenvalue weighted by Gasteiger charge is -2.11. The maximum absolute atomic E-state index is 12.1. The molecule has 118 valence electrons. The summed E-state index contributed by atoms with van der Waals surface area (Å²) in [6.45, 7) is 3.36. The average Bonchev–Trinajstić information content (AvgIpc) is 3.25. The molecule has 1 aromatic carbocycles. The van der Waals surface area contributed by atoms with Gasteiger partial charge in [-0.2, -0.15) is 5.10 Å². The lowest BCUT2D eigenvalue weighted by molar-refractivity contribution is 0.0941. The highest BCUT2D eigenvalue weighted by atomic mass is 16.2. The Morgan fingerprint density at radius 1 is 1.26 bits per heavy atom. The van der Waals surface area contributed by atoms with Crippen LogP contribution in [0.1, 0.15) is 17.4 Å². The predicted molar refractivity (Wildman–Crippen MR) is 85.1 cm³/mol. The molecule has 1 atom stereocenters. The van der Waals surface area contributed by atoms with Gasteiger partial charge in [-0.25, -0.2) is 4.68 Å². The van der Waals surface area contributed by atoms with Crippen LogP contribution in [0.2, 0.25) is 0 Å². The number of nitrogens with zero attached hydrogens (tertiary/aromatic N) is 5. The summed E-state index contributed by atoms with van der Waals surface area (Å²) >= 11 is 0. The van der Waals surface area contributed by atoms with Crippen LogP contribution in [-0.4, -0.2) is 37.2 Å². The van der Waals surface area contributed by atoms with Crippen molar-refractivity contribution in [2.24, 2.45) is 5.92 Å². The number of para-hydroxylation sites is 1. The minimum absolute atomic E-state index is 0.223. The van der Waals surface area contributed by atoms with E-state index in [-0.39, 0.29) is 11.8 Å². The van der Waals surface area contributed by atoms with Gasteiger partial charge in [0.25, 0.3) is 5.91 Å². The number of hydrogen-bond donors (Lipinski definition) is 1. The SMILES string of the molecule is C[C@H](CNC(=O)c1cn(-c2ccccc2)nn1)Cn1cccn1. The van der Waals surface area contributed by atoms with Gasteiger partial charge in [0.2, 0.25) is 0 Å². The van der Waals surface area contributed by atoms with Crippen LogP contribution >= 0.6 is 0 Å². The average molecular weight is 310 g/mol. The zero-order valence-corrected chi connectivity index (χ0v) is 12.8. The molecule has 1 N–H and O–H groups in total. The van der Waals surface area contributed by atoms with Gasteiger partial charge in [0.15, 0.2) is 5.69 Å². The number of hydrogen-bond acceptors (Lipinski definition) is 4. The van der Waals surface area contributed by atoms with Crippen LogP contribution in [0, 0.1) is 5.92 Å². The summed E-state index contributed by atoms with van der Waals surface area (Å²) in [5.74, 6) is 0.0440. The van der Waals surface area contributed by atoms with E-state index < -0.39 is 0 Å². The summed E-state index contributed by atoms with van der Waals surface area (Å²) in [5, 5.41) is 15.0. The van der Waals surface area contributed by atoms with Crippen molar-refractivity contribution in [3.05, 3.63) is 60.7 Å². The van der Waals surface area contributed by atoms with E-state index in [0.717, 1.165) is 12.2 Å². The topological polar surface area (TPSA) is 77.6 Å². The van der Waals surface area contributed by atoms with E-state index in [4.69, 9.17) is 0 Å². The smallest absolute Gasteiger partial charge is 0.273 e. The Kier molecular flexibility index (Phi) is 4.46. The second-order valence-electron chi connectivity index (χ2n) is 5.43. The van der Waals surface area contributed by atoms with Gasteiger partial charge < -0.3 is 5.32 Å². The Bertz CT molecular complexity index is 750. The molecule has 3 rings (SSSR count). The standard InChI is InChI=1S/C16H18N6O/c1-13(11-21-9-5-8-18-21)10-17-16(23)15-12-22(20-19-15)14-6-3-2-4-7-14/h2-9,12-13H,10-11H2,1H3,(H,17,23)/t13-/m1/s1. The number of carbonyl (C=O) groups excluding carboxylic acids is 1. The van der Waals surface area contributed by atoms with Gasteiger partial charge in [0, 0.05) is 25.5 Å². The van der Waals surface area contributed by atoms with E-state index in [2.05, 4.69) is 27.7 Å². The van der Waals surface area contributed by atoms with Gasteiger partial charge in [0.05, 0.1) is 11.9 Å². The van der Waals surface area contributed by atoms with Gasteiger partial charge in [0.1, 0.15) is 0 Å². The normalized spacial score (nSPS) is 12.0. The summed E-state index contributed by atoms with van der Waals surface area (Å²) in [4.78, 5) is 12.1. The quantitative estimate of drug-likeness (QED) is 0.749. The molecule has 0 fully saturated rings. The fraction of sp³-hybridized carbons (Fsp3) is 0.250. The Morgan fingerprint density at radius 2 is 2.09 bits per heavy atom. The zero-order chi connectivity index (χ0) is 16.1. The van der Waals surface area contributed by atoms with Gasteiger partial charge in [-0.1, -0.05) is 30.3 Å². The number of nitrogens with one attached hydrogen (secondary N) is 1. The van der Waals surface area contributed by atoms with E-state index in [1.54, 1.807) is 17.1 Å². The molecule has 0 spiro atoms. The molecule has 7 heteroatoms. The van der Waals surface area contributed by atoms with Crippen molar-refractivity contribution in [3.8, 4) is 5.69 Å². The first-order valence-electron chi connectivity index (χ1n) is 7.46. The van der Waals surface area contributed by atoms with Crippen molar-refractivity contribution in [2.45, 2.75) is 13.5 Å². The molecule has 0 aliphatic rings. The van der Waals surface area contributed by atoms with Crippen molar-refractivity contribution in [3.63, 3.8) is 0 Å². The molecule has 0 aliphatic carbocycles. The molecule has 23 heavy (non-hydrogen) atoms. The van der Waals surface area contributed by atoms with Crippen LogP contribution in [0.25, 0.3) is 5.69 Å². The third-order valence-electron chi connectivity index (χ3n) is 3.42. The molecule has 0 radical (unpaired) electrons. The van der Waals surface area contributed by atoms with Gasteiger partial charge in [-0.3, -0.25) is 9.48 Å². The molecule has 0 bridgehead atoms. The fourth-order valence-corrected chi connectivity index (χ4v) is 2.22. The molecule has 0 saturated carbocycles. The monoisotopic (exact) mass is 310 g/mol. The zero-order valence-electron chi connectivity index (χ0n) is 12.8. The van der Waals surface area contributed by atoms with Crippen LogP contribution in [0.5, 0.6) is 0 Å². The van der Waals surface area contributed by atoms with Crippen molar-refractivity contribution in [1.82, 2.24) is 30.1 Å². The summed E-state index contributed by atoms with van der Waals surface area (Å²) in [5.41, 5.74) is 1.17. The van der Waals surface area contributed by atoms with Crippen molar-refractivity contribution in [2.75, 3.05) is 6.54 Å². The van der Waals surface area contributed by atoms with Crippen LogP contribution < -0.4 is 5.32 Å². The largest absolute Gasteiger partial charge is 0.350 e. The molecule has 0 aliphatic heterocycles. The molecule has 1 amide bonds. The van der Waals surface area contributed by atoms with E-state index >= 15 is 0 Å². The van der Waals surface area contributed by atoms with Crippen LogP contribution in [-0.2, 0) is 6.54 Å². The van der Waals surface area contributed by atoms with Crippen LogP contribution in [0.4, 0.5) is 0 Å². The first kappa shape index (κ1) is 15.0. The summed E-state index contributed by atoms with van der Waals surface area (Å²) in [6, 6.07) is 11.4. The second kappa shape index (κ2) is 6.87. The third kappa shape index (κ3) is 3.82. The van der Waals surface area contributed by atoms with Gasteiger partial charge in [-0.15, -0.1) is 5.10 Å². The Labute approximate surface area is 133 Å². The van der Waals surface area contributed by atoms with E-state index in [0.29, 0.717) is 12.2 Å².